The molecule has 4 nitrogen and oxygen atoms in total. The molecule has 1 aliphatic carbocycles. The predicted molar refractivity (Wildman–Crippen MR) is 59.2 cm³/mol. The SMILES string of the molecule is CC1CCC(C(N)Cc2ncnn2C)C1. The first-order chi connectivity index (χ1) is 7.16. The Morgan fingerprint density at radius 3 is 2.93 bits per heavy atom. The fourth-order valence-corrected chi connectivity index (χ4v) is 2.52. The second-order valence-electron chi connectivity index (χ2n) is 4.85. The van der Waals surface area contributed by atoms with Crippen LogP contribution in [0.15, 0.2) is 6.33 Å². The normalized spacial score (nSPS) is 28.2. The van der Waals surface area contributed by atoms with E-state index in [4.69, 9.17) is 5.73 Å². The van der Waals surface area contributed by atoms with Crippen LogP contribution in [-0.4, -0.2) is 20.8 Å². The average molecular weight is 208 g/mol. The number of rotatable bonds is 3. The number of aryl methyl sites for hydroxylation is 1. The maximum atomic E-state index is 6.22. The van der Waals surface area contributed by atoms with Crippen molar-refractivity contribution in [3.05, 3.63) is 12.2 Å². The van der Waals surface area contributed by atoms with Gasteiger partial charge in [0.05, 0.1) is 0 Å². The van der Waals surface area contributed by atoms with Gasteiger partial charge < -0.3 is 5.73 Å². The van der Waals surface area contributed by atoms with Gasteiger partial charge in [0.2, 0.25) is 0 Å². The van der Waals surface area contributed by atoms with Crippen molar-refractivity contribution in [1.82, 2.24) is 14.8 Å². The van der Waals surface area contributed by atoms with E-state index in [1.165, 1.54) is 19.3 Å². The molecule has 1 aromatic rings. The quantitative estimate of drug-likeness (QED) is 0.810. The molecule has 0 radical (unpaired) electrons. The maximum Gasteiger partial charge on any atom is 0.138 e. The molecule has 2 N–H and O–H groups in total. The van der Waals surface area contributed by atoms with Crippen LogP contribution >= 0.6 is 0 Å². The second kappa shape index (κ2) is 4.31. The van der Waals surface area contributed by atoms with Gasteiger partial charge in [0, 0.05) is 19.5 Å². The van der Waals surface area contributed by atoms with E-state index in [1.54, 1.807) is 6.33 Å². The Bertz CT molecular complexity index is 320. The van der Waals surface area contributed by atoms with Gasteiger partial charge in [-0.3, -0.25) is 4.68 Å². The van der Waals surface area contributed by atoms with Crippen LogP contribution < -0.4 is 5.73 Å². The zero-order valence-corrected chi connectivity index (χ0v) is 9.56. The van der Waals surface area contributed by atoms with Crippen molar-refractivity contribution < 1.29 is 0 Å². The maximum absolute atomic E-state index is 6.22. The third-order valence-corrected chi connectivity index (χ3v) is 3.56. The highest BCUT2D eigenvalue weighted by Crippen LogP contribution is 2.32. The van der Waals surface area contributed by atoms with Crippen molar-refractivity contribution in [3.8, 4) is 0 Å². The molecule has 1 aromatic heterocycles. The van der Waals surface area contributed by atoms with E-state index in [0.29, 0.717) is 5.92 Å². The van der Waals surface area contributed by atoms with E-state index in [2.05, 4.69) is 17.0 Å². The van der Waals surface area contributed by atoms with Crippen LogP contribution in [0.2, 0.25) is 0 Å². The molecule has 0 amide bonds. The van der Waals surface area contributed by atoms with Gasteiger partial charge in [-0.15, -0.1) is 0 Å². The van der Waals surface area contributed by atoms with E-state index in [0.717, 1.165) is 18.2 Å². The summed E-state index contributed by atoms with van der Waals surface area (Å²) in [7, 11) is 1.92. The van der Waals surface area contributed by atoms with Gasteiger partial charge in [-0.25, -0.2) is 4.98 Å². The van der Waals surface area contributed by atoms with E-state index in [1.807, 2.05) is 11.7 Å². The zero-order chi connectivity index (χ0) is 10.8. The monoisotopic (exact) mass is 208 g/mol. The van der Waals surface area contributed by atoms with Gasteiger partial charge >= 0.3 is 0 Å². The fourth-order valence-electron chi connectivity index (χ4n) is 2.52. The standard InChI is InChI=1S/C11H20N4/c1-8-3-4-9(5-8)10(12)6-11-13-7-14-15(11)2/h7-10H,3-6,12H2,1-2H3. The third-order valence-electron chi connectivity index (χ3n) is 3.56. The molecular formula is C11H20N4. The number of hydrogen-bond acceptors (Lipinski definition) is 3. The van der Waals surface area contributed by atoms with Crippen LogP contribution in [-0.2, 0) is 13.5 Å². The Morgan fingerprint density at radius 2 is 2.40 bits per heavy atom. The van der Waals surface area contributed by atoms with Crippen LogP contribution in [0, 0.1) is 11.8 Å². The van der Waals surface area contributed by atoms with Crippen molar-refractivity contribution in [2.45, 2.75) is 38.6 Å². The molecule has 1 heterocycles. The smallest absolute Gasteiger partial charge is 0.138 e. The summed E-state index contributed by atoms with van der Waals surface area (Å²) in [6, 6.07) is 0.248. The first-order valence-electron chi connectivity index (χ1n) is 5.75. The Morgan fingerprint density at radius 1 is 1.60 bits per heavy atom. The Labute approximate surface area is 90.9 Å². The molecule has 4 heteroatoms. The molecule has 0 aliphatic heterocycles. The molecule has 84 valence electrons. The van der Waals surface area contributed by atoms with E-state index >= 15 is 0 Å². The van der Waals surface area contributed by atoms with Crippen molar-refractivity contribution in [2.24, 2.45) is 24.6 Å². The summed E-state index contributed by atoms with van der Waals surface area (Å²) in [6.45, 7) is 2.31. The van der Waals surface area contributed by atoms with Gasteiger partial charge in [0.25, 0.3) is 0 Å². The summed E-state index contributed by atoms with van der Waals surface area (Å²) in [5, 5.41) is 4.06. The largest absolute Gasteiger partial charge is 0.327 e. The summed E-state index contributed by atoms with van der Waals surface area (Å²) >= 11 is 0. The highest BCUT2D eigenvalue weighted by atomic mass is 15.3. The Kier molecular flexibility index (Phi) is 3.05. The lowest BCUT2D eigenvalue weighted by molar-refractivity contribution is 0.405. The summed E-state index contributed by atoms with van der Waals surface area (Å²) in [5.74, 6) is 2.53. The molecule has 0 aromatic carbocycles. The molecule has 1 saturated carbocycles. The molecule has 0 spiro atoms. The topological polar surface area (TPSA) is 56.7 Å². The lowest BCUT2D eigenvalue weighted by Gasteiger charge is -2.18. The average Bonchev–Trinajstić information content (AvgIpc) is 2.77. The highest BCUT2D eigenvalue weighted by Gasteiger charge is 2.27. The lowest BCUT2D eigenvalue weighted by Crippen LogP contribution is -2.32. The Balaban J connectivity index is 1.92. The van der Waals surface area contributed by atoms with Crippen molar-refractivity contribution in [2.75, 3.05) is 0 Å². The first-order valence-corrected chi connectivity index (χ1v) is 5.75. The molecule has 1 fully saturated rings. The van der Waals surface area contributed by atoms with Crippen LogP contribution in [0.1, 0.15) is 32.0 Å². The first kappa shape index (κ1) is 10.6. The molecule has 2 rings (SSSR count). The van der Waals surface area contributed by atoms with Crippen LogP contribution in [0.25, 0.3) is 0 Å². The minimum atomic E-state index is 0.248. The fraction of sp³-hybridized carbons (Fsp3) is 0.818. The summed E-state index contributed by atoms with van der Waals surface area (Å²) < 4.78 is 1.82. The molecule has 3 unspecified atom stereocenters. The van der Waals surface area contributed by atoms with Crippen molar-refractivity contribution in [3.63, 3.8) is 0 Å². The van der Waals surface area contributed by atoms with Gasteiger partial charge in [0.1, 0.15) is 12.2 Å². The number of aromatic nitrogens is 3. The number of nitrogens with two attached hydrogens (primary N) is 1. The number of nitrogens with zero attached hydrogens (tertiary/aromatic N) is 3. The van der Waals surface area contributed by atoms with Gasteiger partial charge in [-0.1, -0.05) is 13.3 Å². The van der Waals surface area contributed by atoms with E-state index in [9.17, 15) is 0 Å². The van der Waals surface area contributed by atoms with E-state index < -0.39 is 0 Å². The summed E-state index contributed by atoms with van der Waals surface area (Å²) in [4.78, 5) is 4.22. The van der Waals surface area contributed by atoms with Crippen LogP contribution in [0.3, 0.4) is 0 Å². The summed E-state index contributed by atoms with van der Waals surface area (Å²) in [6.07, 6.45) is 6.34. The van der Waals surface area contributed by atoms with Crippen molar-refractivity contribution in [1.29, 1.82) is 0 Å². The summed E-state index contributed by atoms with van der Waals surface area (Å²) in [5.41, 5.74) is 6.22. The van der Waals surface area contributed by atoms with Crippen LogP contribution in [0.4, 0.5) is 0 Å². The number of hydrogen-bond donors (Lipinski definition) is 1. The molecule has 3 atom stereocenters. The zero-order valence-electron chi connectivity index (χ0n) is 9.56. The van der Waals surface area contributed by atoms with E-state index in [-0.39, 0.29) is 6.04 Å². The molecule has 1 aliphatic rings. The van der Waals surface area contributed by atoms with Crippen molar-refractivity contribution >= 4 is 0 Å². The van der Waals surface area contributed by atoms with Gasteiger partial charge in [0.15, 0.2) is 0 Å². The Hall–Kier alpha value is -0.900. The molecule has 15 heavy (non-hydrogen) atoms. The van der Waals surface area contributed by atoms with Gasteiger partial charge in [-0.05, 0) is 24.7 Å². The predicted octanol–water partition coefficient (Wildman–Crippen LogP) is 1.12. The minimum absolute atomic E-state index is 0.248. The molecule has 0 saturated heterocycles. The third kappa shape index (κ3) is 2.37. The van der Waals surface area contributed by atoms with Crippen LogP contribution in [0.5, 0.6) is 0 Å². The van der Waals surface area contributed by atoms with Gasteiger partial charge in [-0.2, -0.15) is 5.10 Å². The highest BCUT2D eigenvalue weighted by molar-refractivity contribution is 4.92. The second-order valence-corrected chi connectivity index (χ2v) is 4.85. The minimum Gasteiger partial charge on any atom is -0.327 e. The molecule has 0 bridgehead atoms. The lowest BCUT2D eigenvalue weighted by atomic mass is 9.95. The molecular weight excluding hydrogens is 188 g/mol.